The molecule has 0 saturated carbocycles. The van der Waals surface area contributed by atoms with E-state index in [0.29, 0.717) is 0 Å². The van der Waals surface area contributed by atoms with Gasteiger partial charge in [0.2, 0.25) is 0 Å². The zero-order chi connectivity index (χ0) is 3.41. The van der Waals surface area contributed by atoms with E-state index in [4.69, 9.17) is 11.6 Å². The normalized spacial score (nSPS) is 9.50. The summed E-state index contributed by atoms with van der Waals surface area (Å²) in [6.45, 7) is 0. The lowest BCUT2D eigenvalue weighted by Crippen LogP contribution is -1.09. The van der Waals surface area contributed by atoms with Crippen LogP contribution >= 0.6 is 34.2 Å². The van der Waals surface area contributed by atoms with Crippen LogP contribution in [0.1, 0.15) is 0 Å². The van der Waals surface area contributed by atoms with Crippen LogP contribution in [0.15, 0.2) is 9.62 Å². The molecule has 0 atom stereocenters. The van der Waals surface area contributed by atoms with Crippen molar-refractivity contribution in [1.29, 1.82) is 0 Å². The van der Waals surface area contributed by atoms with Crippen molar-refractivity contribution in [1.82, 2.24) is 0 Å². The Labute approximate surface area is 44.0 Å². The van der Waals surface area contributed by atoms with Gasteiger partial charge in [-0.2, -0.15) is 0 Å². The van der Waals surface area contributed by atoms with E-state index in [0.717, 1.165) is 0 Å². The van der Waals surface area contributed by atoms with Crippen molar-refractivity contribution in [3.63, 3.8) is 0 Å². The molecule has 0 heterocycles. The Morgan fingerprint density at radius 2 is 2.00 bits per heavy atom. The van der Waals surface area contributed by atoms with Gasteiger partial charge in [0.1, 0.15) is 0 Å². The highest BCUT2D eigenvalue weighted by molar-refractivity contribution is 14.1. The van der Waals surface area contributed by atoms with E-state index < -0.39 is 0 Å². The summed E-state index contributed by atoms with van der Waals surface area (Å²) in [4.78, 5) is 0. The highest BCUT2D eigenvalue weighted by atomic mass is 127. The molecule has 24 valence electrons. The SMILES string of the molecule is Cl/C=C/I. The summed E-state index contributed by atoms with van der Waals surface area (Å²) in [5.74, 6) is 0. The number of halogens is 2. The summed E-state index contributed by atoms with van der Waals surface area (Å²) in [5, 5.41) is 0. The van der Waals surface area contributed by atoms with E-state index in [9.17, 15) is 0 Å². The largest absolute Gasteiger partial charge is 0.0925 e. The van der Waals surface area contributed by atoms with Crippen molar-refractivity contribution in [2.45, 2.75) is 0 Å². The molecule has 0 fully saturated rings. The van der Waals surface area contributed by atoms with E-state index >= 15 is 0 Å². The molecule has 0 spiro atoms. The van der Waals surface area contributed by atoms with Gasteiger partial charge in [0.25, 0.3) is 0 Å². The molecule has 0 rings (SSSR count). The Morgan fingerprint density at radius 3 is 2.00 bits per heavy atom. The third kappa shape index (κ3) is 2.76. The van der Waals surface area contributed by atoms with Gasteiger partial charge in [-0.1, -0.05) is 34.2 Å². The maximum atomic E-state index is 5.00. The average Bonchev–Trinajstić information content (AvgIpc) is 1.37. The van der Waals surface area contributed by atoms with Crippen LogP contribution in [0.4, 0.5) is 0 Å². The molecule has 0 N–H and O–H groups in total. The smallest absolute Gasteiger partial charge is 0.0103 e. The van der Waals surface area contributed by atoms with Crippen molar-refractivity contribution in [3.05, 3.63) is 9.62 Å². The molecule has 0 bridgehead atoms. The van der Waals surface area contributed by atoms with Gasteiger partial charge in [-0.05, 0) is 4.08 Å². The molecule has 0 aromatic rings. The predicted molar refractivity (Wildman–Crippen MR) is 29.0 cm³/mol. The fourth-order valence-electron chi connectivity index (χ4n) is 0. The van der Waals surface area contributed by atoms with E-state index in [1.165, 1.54) is 5.54 Å². The minimum absolute atomic E-state index is 1.46. The van der Waals surface area contributed by atoms with Gasteiger partial charge in [0.05, 0.1) is 0 Å². The molecule has 4 heavy (non-hydrogen) atoms. The lowest BCUT2D eigenvalue weighted by Gasteiger charge is -1.44. The first-order valence-electron chi connectivity index (χ1n) is 0.770. The predicted octanol–water partition coefficient (Wildman–Crippen LogP) is 2.13. The topological polar surface area (TPSA) is 0 Å². The standard InChI is InChI=1S/C2H2ClI/c3-1-2-4/h1-2H/b2-1+. The molecule has 0 aliphatic carbocycles. The summed E-state index contributed by atoms with van der Waals surface area (Å²) in [6, 6.07) is 0. The monoisotopic (exact) mass is 188 g/mol. The Kier molecular flexibility index (Phi) is 4.47. The molecule has 0 aliphatic rings. The summed E-state index contributed by atoms with van der Waals surface area (Å²) in [6.07, 6.45) is 0. The highest BCUT2D eigenvalue weighted by Crippen LogP contribution is 1.83. The summed E-state index contributed by atoms with van der Waals surface area (Å²) < 4.78 is 1.74. The number of rotatable bonds is 0. The van der Waals surface area contributed by atoms with Gasteiger partial charge in [-0.3, -0.25) is 0 Å². The zero-order valence-corrected chi connectivity index (χ0v) is 4.82. The van der Waals surface area contributed by atoms with Crippen LogP contribution in [-0.2, 0) is 0 Å². The van der Waals surface area contributed by atoms with Gasteiger partial charge in [0.15, 0.2) is 0 Å². The van der Waals surface area contributed by atoms with E-state index in [2.05, 4.69) is 0 Å². The third-order valence-corrected chi connectivity index (χ3v) is 0.958. The Morgan fingerprint density at radius 1 is 1.75 bits per heavy atom. The molecule has 0 aromatic carbocycles. The minimum Gasteiger partial charge on any atom is -0.0925 e. The van der Waals surface area contributed by atoms with Gasteiger partial charge >= 0.3 is 0 Å². The van der Waals surface area contributed by atoms with Crippen molar-refractivity contribution in [3.8, 4) is 0 Å². The Balaban J connectivity index is 2.55. The maximum absolute atomic E-state index is 5.00. The lowest BCUT2D eigenvalue weighted by molar-refractivity contribution is 2.60. The van der Waals surface area contributed by atoms with Crippen molar-refractivity contribution >= 4 is 34.2 Å². The average molecular weight is 188 g/mol. The Bertz CT molecular complexity index is 21.2. The quantitative estimate of drug-likeness (QED) is 0.511. The van der Waals surface area contributed by atoms with Crippen LogP contribution in [0.5, 0.6) is 0 Å². The van der Waals surface area contributed by atoms with Crippen molar-refractivity contribution in [2.24, 2.45) is 0 Å². The molecule has 2 heteroatoms. The second-order valence-corrected chi connectivity index (χ2v) is 1.22. The lowest BCUT2D eigenvalue weighted by atomic mass is 11.3. The fraction of sp³-hybridized carbons (Fsp3) is 0. The summed E-state index contributed by atoms with van der Waals surface area (Å²) in [7, 11) is 0. The van der Waals surface area contributed by atoms with Crippen LogP contribution in [0.3, 0.4) is 0 Å². The van der Waals surface area contributed by atoms with E-state index in [-0.39, 0.29) is 0 Å². The molecular weight excluding hydrogens is 186 g/mol. The second kappa shape index (κ2) is 3.76. The first-order valence-corrected chi connectivity index (χ1v) is 2.45. The molecular formula is C2H2ClI. The van der Waals surface area contributed by atoms with E-state index in [1.54, 1.807) is 4.08 Å². The van der Waals surface area contributed by atoms with Crippen molar-refractivity contribution in [2.75, 3.05) is 0 Å². The minimum atomic E-state index is 1.46. The highest BCUT2D eigenvalue weighted by Gasteiger charge is 1.39. The van der Waals surface area contributed by atoms with Crippen LogP contribution in [0.2, 0.25) is 0 Å². The molecule has 0 radical (unpaired) electrons. The zero-order valence-electron chi connectivity index (χ0n) is 1.91. The fourth-order valence-corrected chi connectivity index (χ4v) is 0. The van der Waals surface area contributed by atoms with Crippen LogP contribution < -0.4 is 0 Å². The second-order valence-electron chi connectivity index (χ2n) is 0.252. The van der Waals surface area contributed by atoms with Crippen LogP contribution in [0.25, 0.3) is 0 Å². The molecule has 0 aromatic heterocycles. The molecule has 0 aliphatic heterocycles. The van der Waals surface area contributed by atoms with Gasteiger partial charge in [0, 0.05) is 5.54 Å². The van der Waals surface area contributed by atoms with Gasteiger partial charge in [-0.15, -0.1) is 0 Å². The first-order chi connectivity index (χ1) is 1.91. The van der Waals surface area contributed by atoms with E-state index in [1.807, 2.05) is 22.6 Å². The first kappa shape index (κ1) is 4.76. The maximum Gasteiger partial charge on any atom is 0.0103 e. The molecule has 0 amide bonds. The summed E-state index contributed by atoms with van der Waals surface area (Å²) >= 11 is 7.04. The van der Waals surface area contributed by atoms with Gasteiger partial charge < -0.3 is 0 Å². The molecule has 0 saturated heterocycles. The van der Waals surface area contributed by atoms with Crippen molar-refractivity contribution < 1.29 is 0 Å². The van der Waals surface area contributed by atoms with Gasteiger partial charge in [-0.25, -0.2) is 0 Å². The Hall–Kier alpha value is 0.760. The number of hydrogen-bond acceptors (Lipinski definition) is 0. The number of hydrogen-bond donors (Lipinski definition) is 0. The molecule has 0 unspecified atom stereocenters. The molecule has 0 nitrogen and oxygen atoms in total. The summed E-state index contributed by atoms with van der Waals surface area (Å²) in [5.41, 5.74) is 1.46. The van der Waals surface area contributed by atoms with Crippen LogP contribution in [-0.4, -0.2) is 0 Å². The third-order valence-electron chi connectivity index (χ3n) is 0.0476. The van der Waals surface area contributed by atoms with Crippen LogP contribution in [0, 0.1) is 0 Å².